The molecule has 4 nitrogen and oxygen atoms in total. The number of esters is 1. The Labute approximate surface area is 115 Å². The number of aryl methyl sites for hydroxylation is 1. The molecule has 0 fully saturated rings. The lowest BCUT2D eigenvalue weighted by atomic mass is 10.2. The summed E-state index contributed by atoms with van der Waals surface area (Å²) in [6.45, 7) is 1.95. The molecule has 1 aromatic heterocycles. The Morgan fingerprint density at radius 2 is 1.79 bits per heavy atom. The summed E-state index contributed by atoms with van der Waals surface area (Å²) < 4.78 is 4.60. The SMILES string of the molecule is COC(=O)c1ccc(NC(=O)c2ccc(C)s2)cc1. The molecule has 0 radical (unpaired) electrons. The summed E-state index contributed by atoms with van der Waals surface area (Å²) in [5, 5.41) is 2.78. The number of anilines is 1. The zero-order chi connectivity index (χ0) is 13.8. The molecule has 19 heavy (non-hydrogen) atoms. The molecule has 0 bridgehead atoms. The first-order valence-corrected chi connectivity index (χ1v) is 6.48. The average Bonchev–Trinajstić information content (AvgIpc) is 2.85. The maximum Gasteiger partial charge on any atom is 0.337 e. The Kier molecular flexibility index (Phi) is 3.97. The van der Waals surface area contributed by atoms with Gasteiger partial charge in [-0.3, -0.25) is 4.79 Å². The Morgan fingerprint density at radius 3 is 2.32 bits per heavy atom. The lowest BCUT2D eigenvalue weighted by molar-refractivity contribution is 0.0600. The number of ether oxygens (including phenoxy) is 1. The minimum Gasteiger partial charge on any atom is -0.465 e. The van der Waals surface area contributed by atoms with Crippen molar-refractivity contribution in [1.82, 2.24) is 0 Å². The fourth-order valence-electron chi connectivity index (χ4n) is 1.56. The predicted octanol–water partition coefficient (Wildman–Crippen LogP) is 3.10. The normalized spacial score (nSPS) is 10.0. The first-order chi connectivity index (χ1) is 9.10. The monoisotopic (exact) mass is 275 g/mol. The summed E-state index contributed by atoms with van der Waals surface area (Å²) in [5.41, 5.74) is 1.09. The van der Waals surface area contributed by atoms with Crippen LogP contribution in [0.5, 0.6) is 0 Å². The van der Waals surface area contributed by atoms with Crippen LogP contribution in [0.15, 0.2) is 36.4 Å². The van der Waals surface area contributed by atoms with Crippen LogP contribution in [0.25, 0.3) is 0 Å². The van der Waals surface area contributed by atoms with E-state index in [4.69, 9.17) is 0 Å². The van der Waals surface area contributed by atoms with Crippen molar-refractivity contribution >= 4 is 28.9 Å². The van der Waals surface area contributed by atoms with Crippen molar-refractivity contribution in [2.75, 3.05) is 12.4 Å². The average molecular weight is 275 g/mol. The van der Waals surface area contributed by atoms with E-state index in [-0.39, 0.29) is 5.91 Å². The van der Waals surface area contributed by atoms with Crippen molar-refractivity contribution in [3.63, 3.8) is 0 Å². The molecule has 0 aliphatic rings. The number of rotatable bonds is 3. The van der Waals surface area contributed by atoms with E-state index >= 15 is 0 Å². The highest BCUT2D eigenvalue weighted by Gasteiger charge is 2.09. The van der Waals surface area contributed by atoms with E-state index in [0.29, 0.717) is 16.1 Å². The molecule has 1 heterocycles. The number of carbonyl (C=O) groups is 2. The van der Waals surface area contributed by atoms with E-state index < -0.39 is 5.97 Å². The molecule has 2 aromatic rings. The van der Waals surface area contributed by atoms with Crippen LogP contribution in [0.4, 0.5) is 5.69 Å². The first-order valence-electron chi connectivity index (χ1n) is 5.66. The quantitative estimate of drug-likeness (QED) is 0.876. The van der Waals surface area contributed by atoms with E-state index in [2.05, 4.69) is 10.1 Å². The van der Waals surface area contributed by atoms with E-state index in [9.17, 15) is 9.59 Å². The summed E-state index contributed by atoms with van der Waals surface area (Å²) in [5.74, 6) is -0.546. The molecule has 0 atom stereocenters. The van der Waals surface area contributed by atoms with Gasteiger partial charge in [0.2, 0.25) is 0 Å². The van der Waals surface area contributed by atoms with Crippen LogP contribution in [0.2, 0.25) is 0 Å². The maximum absolute atomic E-state index is 11.9. The second kappa shape index (κ2) is 5.67. The van der Waals surface area contributed by atoms with Gasteiger partial charge in [-0.2, -0.15) is 0 Å². The number of benzene rings is 1. The Hall–Kier alpha value is -2.14. The highest BCUT2D eigenvalue weighted by atomic mass is 32.1. The van der Waals surface area contributed by atoms with Crippen LogP contribution in [-0.4, -0.2) is 19.0 Å². The number of hydrogen-bond donors (Lipinski definition) is 1. The van der Waals surface area contributed by atoms with Gasteiger partial charge in [0.05, 0.1) is 17.6 Å². The Balaban J connectivity index is 2.07. The highest BCUT2D eigenvalue weighted by molar-refractivity contribution is 7.14. The van der Waals surface area contributed by atoms with Gasteiger partial charge in [0, 0.05) is 10.6 Å². The van der Waals surface area contributed by atoms with Gasteiger partial charge in [0.25, 0.3) is 5.91 Å². The number of methoxy groups -OCH3 is 1. The van der Waals surface area contributed by atoms with Crippen molar-refractivity contribution in [2.45, 2.75) is 6.92 Å². The molecule has 5 heteroatoms. The molecule has 0 saturated heterocycles. The number of carbonyl (C=O) groups excluding carboxylic acids is 2. The molecule has 1 aromatic carbocycles. The minimum absolute atomic E-state index is 0.149. The number of thiophene rings is 1. The second-order valence-electron chi connectivity index (χ2n) is 3.93. The highest BCUT2D eigenvalue weighted by Crippen LogP contribution is 2.17. The molecule has 1 N–H and O–H groups in total. The molecular formula is C14H13NO3S. The molecule has 0 aliphatic heterocycles. The summed E-state index contributed by atoms with van der Waals surface area (Å²) in [7, 11) is 1.33. The minimum atomic E-state index is -0.397. The molecule has 0 spiro atoms. The van der Waals surface area contributed by atoms with Crippen LogP contribution in [0, 0.1) is 6.92 Å². The topological polar surface area (TPSA) is 55.4 Å². The van der Waals surface area contributed by atoms with Crippen molar-refractivity contribution in [3.8, 4) is 0 Å². The summed E-state index contributed by atoms with van der Waals surface area (Å²) in [4.78, 5) is 24.9. The fraction of sp³-hybridized carbons (Fsp3) is 0.143. The van der Waals surface area contributed by atoms with E-state index in [1.165, 1.54) is 18.4 Å². The van der Waals surface area contributed by atoms with Gasteiger partial charge in [0.1, 0.15) is 0 Å². The summed E-state index contributed by atoms with van der Waals surface area (Å²) >= 11 is 1.44. The fourth-order valence-corrected chi connectivity index (χ4v) is 2.32. The van der Waals surface area contributed by atoms with Crippen LogP contribution in [0.1, 0.15) is 24.9 Å². The smallest absolute Gasteiger partial charge is 0.337 e. The van der Waals surface area contributed by atoms with Gasteiger partial charge in [-0.1, -0.05) is 0 Å². The standard InChI is InChI=1S/C14H13NO3S/c1-9-3-8-12(19-9)13(16)15-11-6-4-10(5-7-11)14(17)18-2/h3-8H,1-2H3,(H,15,16). The number of nitrogens with one attached hydrogen (secondary N) is 1. The van der Waals surface area contributed by atoms with Crippen LogP contribution < -0.4 is 5.32 Å². The molecule has 0 saturated carbocycles. The Morgan fingerprint density at radius 1 is 1.11 bits per heavy atom. The van der Waals surface area contributed by atoms with Crippen LogP contribution in [-0.2, 0) is 4.74 Å². The molecule has 98 valence electrons. The molecule has 0 unspecified atom stereocenters. The zero-order valence-corrected chi connectivity index (χ0v) is 11.4. The molecule has 0 aliphatic carbocycles. The van der Waals surface area contributed by atoms with Crippen molar-refractivity contribution in [1.29, 1.82) is 0 Å². The van der Waals surface area contributed by atoms with Gasteiger partial charge >= 0.3 is 5.97 Å². The van der Waals surface area contributed by atoms with Gasteiger partial charge in [-0.15, -0.1) is 11.3 Å². The van der Waals surface area contributed by atoms with Crippen LogP contribution in [0.3, 0.4) is 0 Å². The van der Waals surface area contributed by atoms with Gasteiger partial charge < -0.3 is 10.1 Å². The third-order valence-corrected chi connectivity index (χ3v) is 3.53. The summed E-state index contributed by atoms with van der Waals surface area (Å²) in [6.07, 6.45) is 0. The van der Waals surface area contributed by atoms with E-state index in [0.717, 1.165) is 4.88 Å². The third kappa shape index (κ3) is 3.20. The van der Waals surface area contributed by atoms with E-state index in [1.54, 1.807) is 30.3 Å². The van der Waals surface area contributed by atoms with Crippen molar-refractivity contribution < 1.29 is 14.3 Å². The lowest BCUT2D eigenvalue weighted by Crippen LogP contribution is -2.10. The summed E-state index contributed by atoms with van der Waals surface area (Å²) in [6, 6.07) is 10.3. The van der Waals surface area contributed by atoms with Gasteiger partial charge in [-0.05, 0) is 43.3 Å². The molecule has 1 amide bonds. The largest absolute Gasteiger partial charge is 0.465 e. The first kappa shape index (κ1) is 13.3. The second-order valence-corrected chi connectivity index (χ2v) is 5.22. The predicted molar refractivity (Wildman–Crippen MR) is 74.8 cm³/mol. The number of amides is 1. The van der Waals surface area contributed by atoms with Crippen molar-refractivity contribution in [3.05, 3.63) is 51.7 Å². The Bertz CT molecular complexity index is 601. The number of hydrogen-bond acceptors (Lipinski definition) is 4. The lowest BCUT2D eigenvalue weighted by Gasteiger charge is -2.04. The maximum atomic E-state index is 11.9. The molecule has 2 rings (SSSR count). The van der Waals surface area contributed by atoms with E-state index in [1.807, 2.05) is 13.0 Å². The van der Waals surface area contributed by atoms with Gasteiger partial charge in [-0.25, -0.2) is 4.79 Å². The zero-order valence-electron chi connectivity index (χ0n) is 10.6. The van der Waals surface area contributed by atoms with Crippen molar-refractivity contribution in [2.24, 2.45) is 0 Å². The molecular weight excluding hydrogens is 262 g/mol. The van der Waals surface area contributed by atoms with Gasteiger partial charge in [0.15, 0.2) is 0 Å². The van der Waals surface area contributed by atoms with Crippen LogP contribution >= 0.6 is 11.3 Å². The third-order valence-electron chi connectivity index (χ3n) is 2.53.